The zero-order valence-electron chi connectivity index (χ0n) is 15.0. The Hall–Kier alpha value is -3.68. The van der Waals surface area contributed by atoms with Crippen molar-refractivity contribution in [1.82, 2.24) is 15.2 Å². The van der Waals surface area contributed by atoms with Crippen molar-refractivity contribution in [2.45, 2.75) is 6.92 Å². The Balaban J connectivity index is 1.82. The topological polar surface area (TPSA) is 98.3 Å². The second-order valence-corrected chi connectivity index (χ2v) is 5.38. The van der Waals surface area contributed by atoms with Crippen LogP contribution in [0, 0.1) is 0 Å². The minimum atomic E-state index is -0.453. The van der Waals surface area contributed by atoms with Gasteiger partial charge in [-0.25, -0.2) is 4.79 Å². The van der Waals surface area contributed by atoms with Gasteiger partial charge in [0.1, 0.15) is 5.75 Å². The van der Waals surface area contributed by atoms with Gasteiger partial charge in [0.2, 0.25) is 5.95 Å². The number of nitrogens with one attached hydrogen (secondary N) is 2. The molecule has 138 valence electrons. The van der Waals surface area contributed by atoms with Gasteiger partial charge in [0.15, 0.2) is 5.82 Å². The van der Waals surface area contributed by atoms with Gasteiger partial charge in [-0.15, -0.1) is 5.10 Å². The van der Waals surface area contributed by atoms with Gasteiger partial charge in [0.05, 0.1) is 36.9 Å². The summed E-state index contributed by atoms with van der Waals surface area (Å²) in [5, 5.41) is 14.1. The van der Waals surface area contributed by atoms with Crippen molar-refractivity contribution in [2.75, 3.05) is 24.4 Å². The lowest BCUT2D eigenvalue weighted by atomic mass is 10.2. The van der Waals surface area contributed by atoms with E-state index in [4.69, 9.17) is 9.47 Å². The predicted molar refractivity (Wildman–Crippen MR) is 102 cm³/mol. The van der Waals surface area contributed by atoms with E-state index in [0.717, 1.165) is 5.69 Å². The van der Waals surface area contributed by atoms with Crippen LogP contribution in [-0.2, 0) is 4.74 Å². The highest BCUT2D eigenvalue weighted by Crippen LogP contribution is 2.27. The lowest BCUT2D eigenvalue weighted by Gasteiger charge is -2.12. The third-order valence-electron chi connectivity index (χ3n) is 3.59. The van der Waals surface area contributed by atoms with Gasteiger partial charge in [0.25, 0.3) is 0 Å². The van der Waals surface area contributed by atoms with Gasteiger partial charge < -0.3 is 20.1 Å². The van der Waals surface area contributed by atoms with E-state index in [1.165, 1.54) is 13.3 Å². The molecule has 2 aromatic carbocycles. The highest BCUT2D eigenvalue weighted by atomic mass is 16.5. The van der Waals surface area contributed by atoms with E-state index >= 15 is 0 Å². The van der Waals surface area contributed by atoms with E-state index in [9.17, 15) is 4.79 Å². The lowest BCUT2D eigenvalue weighted by Crippen LogP contribution is -2.08. The number of ether oxygens (including phenoxy) is 2. The summed E-state index contributed by atoms with van der Waals surface area (Å²) in [6, 6.07) is 14.5. The summed E-state index contributed by atoms with van der Waals surface area (Å²) in [6.07, 6.45) is 1.50. The van der Waals surface area contributed by atoms with Crippen LogP contribution in [0.2, 0.25) is 0 Å². The van der Waals surface area contributed by atoms with Gasteiger partial charge >= 0.3 is 5.97 Å². The Morgan fingerprint density at radius 1 is 1.04 bits per heavy atom. The number of anilines is 4. The summed E-state index contributed by atoms with van der Waals surface area (Å²) in [5.74, 6) is 0.982. The van der Waals surface area contributed by atoms with Crippen LogP contribution in [0.5, 0.6) is 5.75 Å². The van der Waals surface area contributed by atoms with E-state index in [1.807, 2.05) is 31.2 Å². The first kappa shape index (κ1) is 18.1. The Morgan fingerprint density at radius 3 is 2.56 bits per heavy atom. The minimum absolute atomic E-state index is 0.241. The number of aromatic nitrogens is 3. The molecule has 0 atom stereocenters. The molecule has 0 saturated carbocycles. The molecule has 0 unspecified atom stereocenters. The molecule has 8 heteroatoms. The van der Waals surface area contributed by atoms with Crippen LogP contribution in [-0.4, -0.2) is 34.9 Å². The summed E-state index contributed by atoms with van der Waals surface area (Å²) >= 11 is 0. The smallest absolute Gasteiger partial charge is 0.339 e. The fraction of sp³-hybridized carbons (Fsp3) is 0.158. The van der Waals surface area contributed by atoms with Crippen molar-refractivity contribution in [3.8, 4) is 5.75 Å². The quantitative estimate of drug-likeness (QED) is 0.614. The Morgan fingerprint density at radius 2 is 1.78 bits per heavy atom. The zero-order valence-corrected chi connectivity index (χ0v) is 15.0. The Kier molecular flexibility index (Phi) is 5.78. The van der Waals surface area contributed by atoms with Gasteiger partial charge in [-0.05, 0) is 31.2 Å². The molecule has 8 nitrogen and oxygen atoms in total. The summed E-state index contributed by atoms with van der Waals surface area (Å²) < 4.78 is 10.4. The molecule has 0 amide bonds. The normalized spacial score (nSPS) is 10.1. The molecule has 0 aliphatic heterocycles. The number of nitrogens with zero attached hydrogens (tertiary/aromatic N) is 3. The number of carbonyl (C=O) groups is 1. The second kappa shape index (κ2) is 8.61. The predicted octanol–water partition coefficient (Wildman–Crippen LogP) is 3.54. The molecule has 1 heterocycles. The molecule has 0 spiro atoms. The van der Waals surface area contributed by atoms with E-state index in [-0.39, 0.29) is 5.95 Å². The summed E-state index contributed by atoms with van der Waals surface area (Å²) in [6.45, 7) is 2.47. The summed E-state index contributed by atoms with van der Waals surface area (Å²) in [4.78, 5) is 16.3. The highest BCUT2D eigenvalue weighted by molar-refractivity contribution is 5.96. The van der Waals surface area contributed by atoms with Crippen LogP contribution in [0.25, 0.3) is 0 Å². The Labute approximate surface area is 156 Å². The van der Waals surface area contributed by atoms with E-state index < -0.39 is 5.97 Å². The monoisotopic (exact) mass is 365 g/mol. The number of methoxy groups -OCH3 is 1. The van der Waals surface area contributed by atoms with Gasteiger partial charge in [-0.1, -0.05) is 24.3 Å². The van der Waals surface area contributed by atoms with Crippen LogP contribution in [0.4, 0.5) is 23.1 Å². The number of hydrogen-bond donors (Lipinski definition) is 2. The van der Waals surface area contributed by atoms with Crippen LogP contribution >= 0.6 is 0 Å². The first-order valence-electron chi connectivity index (χ1n) is 8.34. The molecule has 0 fully saturated rings. The van der Waals surface area contributed by atoms with Crippen molar-refractivity contribution >= 4 is 29.1 Å². The molecule has 0 bridgehead atoms. The second-order valence-electron chi connectivity index (χ2n) is 5.38. The number of carbonyl (C=O) groups excluding carboxylic acids is 1. The molecule has 0 aliphatic rings. The molecule has 2 N–H and O–H groups in total. The molecule has 3 aromatic rings. The zero-order chi connectivity index (χ0) is 19.1. The lowest BCUT2D eigenvalue weighted by molar-refractivity contribution is 0.0602. The molecule has 3 rings (SSSR count). The molecule has 0 aliphatic carbocycles. The van der Waals surface area contributed by atoms with Crippen LogP contribution in [0.3, 0.4) is 0 Å². The number of para-hydroxylation sites is 3. The summed E-state index contributed by atoms with van der Waals surface area (Å²) in [5.41, 5.74) is 1.67. The molecular weight excluding hydrogens is 346 g/mol. The Bertz CT molecular complexity index is 932. The number of rotatable bonds is 7. The fourth-order valence-corrected chi connectivity index (χ4v) is 2.41. The van der Waals surface area contributed by atoms with Gasteiger partial charge in [-0.2, -0.15) is 10.1 Å². The van der Waals surface area contributed by atoms with Crippen LogP contribution < -0.4 is 15.4 Å². The van der Waals surface area contributed by atoms with Crippen molar-refractivity contribution in [3.63, 3.8) is 0 Å². The van der Waals surface area contributed by atoms with Crippen molar-refractivity contribution in [3.05, 3.63) is 60.3 Å². The molecule has 1 aromatic heterocycles. The van der Waals surface area contributed by atoms with Gasteiger partial charge in [0, 0.05) is 0 Å². The average molecular weight is 365 g/mol. The number of benzene rings is 2. The third-order valence-corrected chi connectivity index (χ3v) is 3.59. The molecule has 27 heavy (non-hydrogen) atoms. The van der Waals surface area contributed by atoms with Crippen molar-refractivity contribution in [2.24, 2.45) is 0 Å². The number of esters is 1. The number of hydrogen-bond acceptors (Lipinski definition) is 8. The van der Waals surface area contributed by atoms with E-state index in [0.29, 0.717) is 29.4 Å². The molecule has 0 radical (unpaired) electrons. The van der Waals surface area contributed by atoms with Crippen molar-refractivity contribution < 1.29 is 14.3 Å². The summed E-state index contributed by atoms with van der Waals surface area (Å²) in [7, 11) is 1.33. The first-order chi connectivity index (χ1) is 13.2. The highest BCUT2D eigenvalue weighted by Gasteiger charge is 2.12. The van der Waals surface area contributed by atoms with Crippen LogP contribution in [0.1, 0.15) is 17.3 Å². The standard InChI is InChI=1S/C19H19N5O3/c1-3-27-16-11-7-6-10-15(16)21-17-12-20-24-19(23-17)22-14-9-5-4-8-13(14)18(25)26-2/h4-12H,3H2,1-2H3,(H2,21,22,23,24). The van der Waals surface area contributed by atoms with E-state index in [2.05, 4.69) is 25.8 Å². The maximum Gasteiger partial charge on any atom is 0.339 e. The maximum absolute atomic E-state index is 11.9. The maximum atomic E-state index is 11.9. The van der Waals surface area contributed by atoms with Crippen LogP contribution in [0.15, 0.2) is 54.7 Å². The van der Waals surface area contributed by atoms with E-state index in [1.54, 1.807) is 24.3 Å². The third kappa shape index (κ3) is 4.49. The van der Waals surface area contributed by atoms with Crippen molar-refractivity contribution in [1.29, 1.82) is 0 Å². The molecular formula is C19H19N5O3. The largest absolute Gasteiger partial charge is 0.492 e. The first-order valence-corrected chi connectivity index (χ1v) is 8.34. The SMILES string of the molecule is CCOc1ccccc1Nc1cnnc(Nc2ccccc2C(=O)OC)n1. The fourth-order valence-electron chi connectivity index (χ4n) is 2.41. The average Bonchev–Trinajstić information content (AvgIpc) is 2.70. The molecule has 0 saturated heterocycles. The van der Waals surface area contributed by atoms with Gasteiger partial charge in [-0.3, -0.25) is 0 Å². The minimum Gasteiger partial charge on any atom is -0.492 e.